The molecule has 1 unspecified atom stereocenters. The van der Waals surface area contributed by atoms with Crippen molar-refractivity contribution < 1.29 is 4.79 Å². The summed E-state index contributed by atoms with van der Waals surface area (Å²) in [5.74, 6) is -0.0198. The molecule has 0 spiro atoms. The predicted octanol–water partition coefficient (Wildman–Crippen LogP) is 3.04. The lowest BCUT2D eigenvalue weighted by Crippen LogP contribution is -2.37. The van der Waals surface area contributed by atoms with Crippen LogP contribution in [0.25, 0.3) is 0 Å². The van der Waals surface area contributed by atoms with Crippen LogP contribution >= 0.6 is 27.5 Å². The second-order valence-corrected chi connectivity index (χ2v) is 4.65. The van der Waals surface area contributed by atoms with Gasteiger partial charge in [-0.3, -0.25) is 4.79 Å². The van der Waals surface area contributed by atoms with Crippen LogP contribution < -0.4 is 10.6 Å². The molecule has 0 saturated carbocycles. The van der Waals surface area contributed by atoms with E-state index in [4.69, 9.17) is 11.6 Å². The average molecular weight is 306 g/mol. The minimum atomic E-state index is -0.270. The molecule has 5 heteroatoms. The zero-order chi connectivity index (χ0) is 12.1. The second-order valence-electron chi connectivity index (χ2n) is 3.39. The molecule has 0 radical (unpaired) electrons. The molecule has 0 aromatic heterocycles. The summed E-state index contributed by atoms with van der Waals surface area (Å²) in [6.07, 6.45) is 0. The van der Waals surface area contributed by atoms with Crippen molar-refractivity contribution in [1.29, 1.82) is 0 Å². The summed E-state index contributed by atoms with van der Waals surface area (Å²) >= 11 is 9.21. The molecule has 0 bridgehead atoms. The third-order valence-electron chi connectivity index (χ3n) is 2.05. The average Bonchev–Trinajstić information content (AvgIpc) is 2.24. The van der Waals surface area contributed by atoms with Gasteiger partial charge >= 0.3 is 0 Å². The number of likely N-dealkylation sites (N-methyl/N-ethyl adjacent to an activating group) is 1. The summed E-state index contributed by atoms with van der Waals surface area (Å²) in [4.78, 5) is 11.5. The molecule has 1 atom stereocenters. The quantitative estimate of drug-likeness (QED) is 0.898. The largest absolute Gasteiger partial charge is 0.374 e. The highest BCUT2D eigenvalue weighted by Gasteiger charge is 2.11. The van der Waals surface area contributed by atoms with Crippen LogP contribution in [-0.2, 0) is 4.79 Å². The van der Waals surface area contributed by atoms with Crippen molar-refractivity contribution in [3.8, 4) is 0 Å². The Hall–Kier alpha value is -0.740. The topological polar surface area (TPSA) is 41.1 Å². The Kier molecular flexibility index (Phi) is 5.09. The van der Waals surface area contributed by atoms with Gasteiger partial charge in [0.25, 0.3) is 0 Å². The lowest BCUT2D eigenvalue weighted by atomic mass is 10.2. The summed E-state index contributed by atoms with van der Waals surface area (Å²) in [7, 11) is 0. The standard InChI is InChI=1S/C11H14BrClN2O/c1-3-14-11(16)7(2)15-8-4-5-10(13)9(12)6-8/h4-7,15H,3H2,1-2H3,(H,14,16). The van der Waals surface area contributed by atoms with Gasteiger partial charge in [0.1, 0.15) is 6.04 Å². The van der Waals surface area contributed by atoms with Crippen LogP contribution in [0.5, 0.6) is 0 Å². The molecule has 0 aliphatic heterocycles. The first-order valence-electron chi connectivity index (χ1n) is 5.04. The number of halogens is 2. The van der Waals surface area contributed by atoms with Crippen molar-refractivity contribution in [2.75, 3.05) is 11.9 Å². The Morgan fingerprint density at radius 1 is 1.56 bits per heavy atom. The molecule has 0 aliphatic rings. The first kappa shape index (κ1) is 13.3. The molecule has 88 valence electrons. The van der Waals surface area contributed by atoms with Crippen molar-refractivity contribution in [3.63, 3.8) is 0 Å². The number of anilines is 1. The lowest BCUT2D eigenvalue weighted by Gasteiger charge is -2.14. The first-order valence-corrected chi connectivity index (χ1v) is 6.21. The molecule has 3 nitrogen and oxygen atoms in total. The fourth-order valence-corrected chi connectivity index (χ4v) is 1.73. The Balaban J connectivity index is 2.66. The van der Waals surface area contributed by atoms with Gasteiger partial charge in [0.15, 0.2) is 0 Å². The van der Waals surface area contributed by atoms with Gasteiger partial charge < -0.3 is 10.6 Å². The van der Waals surface area contributed by atoms with Crippen molar-refractivity contribution in [2.24, 2.45) is 0 Å². The number of rotatable bonds is 4. The number of nitrogens with one attached hydrogen (secondary N) is 2. The van der Waals surface area contributed by atoms with Gasteiger partial charge in [-0.15, -0.1) is 0 Å². The summed E-state index contributed by atoms with van der Waals surface area (Å²) in [5, 5.41) is 6.50. The molecule has 0 fully saturated rings. The van der Waals surface area contributed by atoms with Crippen LogP contribution in [0.1, 0.15) is 13.8 Å². The highest BCUT2D eigenvalue weighted by molar-refractivity contribution is 9.10. The van der Waals surface area contributed by atoms with Gasteiger partial charge in [0.2, 0.25) is 5.91 Å². The highest BCUT2D eigenvalue weighted by Crippen LogP contribution is 2.25. The number of benzene rings is 1. The first-order chi connectivity index (χ1) is 7.54. The van der Waals surface area contributed by atoms with E-state index in [2.05, 4.69) is 26.6 Å². The highest BCUT2D eigenvalue weighted by atomic mass is 79.9. The van der Waals surface area contributed by atoms with E-state index in [1.165, 1.54) is 0 Å². The molecule has 1 amide bonds. The lowest BCUT2D eigenvalue weighted by molar-refractivity contribution is -0.121. The van der Waals surface area contributed by atoms with Crippen molar-refractivity contribution in [2.45, 2.75) is 19.9 Å². The summed E-state index contributed by atoms with van der Waals surface area (Å²) < 4.78 is 0.808. The van der Waals surface area contributed by atoms with E-state index in [1.807, 2.05) is 26.0 Å². The van der Waals surface area contributed by atoms with Gasteiger partial charge in [0.05, 0.1) is 5.02 Å². The van der Waals surface area contributed by atoms with Crippen LogP contribution in [0.2, 0.25) is 5.02 Å². The Labute approximate surface area is 109 Å². The van der Waals surface area contributed by atoms with Crippen LogP contribution in [0.4, 0.5) is 5.69 Å². The summed E-state index contributed by atoms with van der Waals surface area (Å²) in [6.45, 7) is 4.34. The van der Waals surface area contributed by atoms with Crippen LogP contribution in [0, 0.1) is 0 Å². The van der Waals surface area contributed by atoms with Crippen molar-refractivity contribution in [3.05, 3.63) is 27.7 Å². The fourth-order valence-electron chi connectivity index (χ4n) is 1.23. The van der Waals surface area contributed by atoms with Crippen molar-refractivity contribution >= 4 is 39.1 Å². The number of hydrogen-bond acceptors (Lipinski definition) is 2. The smallest absolute Gasteiger partial charge is 0.242 e. The maximum absolute atomic E-state index is 11.5. The number of carbonyl (C=O) groups excluding carboxylic acids is 1. The molecule has 2 N–H and O–H groups in total. The van der Waals surface area contributed by atoms with E-state index in [0.717, 1.165) is 10.2 Å². The normalized spacial score (nSPS) is 12.0. The molecule has 16 heavy (non-hydrogen) atoms. The van der Waals surface area contributed by atoms with Gasteiger partial charge in [-0.1, -0.05) is 11.6 Å². The third-order valence-corrected chi connectivity index (χ3v) is 3.26. The molecule has 0 heterocycles. The second kappa shape index (κ2) is 6.11. The summed E-state index contributed by atoms with van der Waals surface area (Å²) in [6, 6.07) is 5.19. The zero-order valence-electron chi connectivity index (χ0n) is 9.18. The maximum Gasteiger partial charge on any atom is 0.242 e. The number of amides is 1. The maximum atomic E-state index is 11.5. The third kappa shape index (κ3) is 3.68. The van der Waals surface area contributed by atoms with Crippen LogP contribution in [0.15, 0.2) is 22.7 Å². The molecule has 1 aromatic carbocycles. The molecule has 1 rings (SSSR count). The minimum absolute atomic E-state index is 0.0198. The van der Waals surface area contributed by atoms with Gasteiger partial charge in [-0.25, -0.2) is 0 Å². The van der Waals surface area contributed by atoms with Gasteiger partial charge in [-0.2, -0.15) is 0 Å². The minimum Gasteiger partial charge on any atom is -0.374 e. The molecule has 1 aromatic rings. The van der Waals surface area contributed by atoms with E-state index in [0.29, 0.717) is 11.6 Å². The van der Waals surface area contributed by atoms with Crippen molar-refractivity contribution in [1.82, 2.24) is 5.32 Å². The van der Waals surface area contributed by atoms with Gasteiger partial charge in [-0.05, 0) is 48.0 Å². The van der Waals surface area contributed by atoms with E-state index in [9.17, 15) is 4.79 Å². The Morgan fingerprint density at radius 3 is 2.81 bits per heavy atom. The zero-order valence-corrected chi connectivity index (χ0v) is 11.5. The fraction of sp³-hybridized carbons (Fsp3) is 0.364. The molecule has 0 saturated heterocycles. The van der Waals surface area contributed by atoms with Gasteiger partial charge in [0, 0.05) is 16.7 Å². The molecular formula is C11H14BrClN2O. The van der Waals surface area contributed by atoms with E-state index in [1.54, 1.807) is 6.07 Å². The SMILES string of the molecule is CCNC(=O)C(C)Nc1ccc(Cl)c(Br)c1. The Bertz CT molecular complexity index is 384. The predicted molar refractivity (Wildman–Crippen MR) is 70.9 cm³/mol. The Morgan fingerprint density at radius 2 is 2.25 bits per heavy atom. The van der Waals surface area contributed by atoms with E-state index in [-0.39, 0.29) is 11.9 Å². The number of hydrogen-bond donors (Lipinski definition) is 2. The summed E-state index contributed by atoms with van der Waals surface area (Å²) in [5.41, 5.74) is 0.857. The molecular weight excluding hydrogens is 291 g/mol. The van der Waals surface area contributed by atoms with E-state index >= 15 is 0 Å². The monoisotopic (exact) mass is 304 g/mol. The van der Waals surface area contributed by atoms with Crippen LogP contribution in [-0.4, -0.2) is 18.5 Å². The number of carbonyl (C=O) groups is 1. The van der Waals surface area contributed by atoms with E-state index < -0.39 is 0 Å². The van der Waals surface area contributed by atoms with Crippen LogP contribution in [0.3, 0.4) is 0 Å². The molecule has 0 aliphatic carbocycles.